The molecule has 0 aliphatic rings. The van der Waals surface area contributed by atoms with E-state index in [0.29, 0.717) is 0 Å². The van der Waals surface area contributed by atoms with E-state index in [4.69, 9.17) is 23.4 Å². The third-order valence-electron chi connectivity index (χ3n) is 2.95. The van der Waals surface area contributed by atoms with Crippen molar-refractivity contribution in [3.8, 4) is 16.2 Å². The maximum absolute atomic E-state index is 8.49. The molecule has 0 saturated carbocycles. The summed E-state index contributed by atoms with van der Waals surface area (Å²) >= 11 is 1.76. The van der Waals surface area contributed by atoms with E-state index in [9.17, 15) is 0 Å². The standard InChI is InChI=1S/C16H13OS.ClHO4/c1-17-15-8-7-13-10-16(18-11-14(13)9-15)12-5-3-2-4-6-12;2-1(3,4)5/h2-11H,1H3;(H,2,3,4,5)/q+1;/p-1. The van der Waals surface area contributed by atoms with E-state index in [-0.39, 0.29) is 0 Å². The molecule has 0 saturated heterocycles. The molecule has 0 aliphatic carbocycles. The summed E-state index contributed by atoms with van der Waals surface area (Å²) < 4.78 is 39.2. The minimum atomic E-state index is -4.94. The summed E-state index contributed by atoms with van der Waals surface area (Å²) in [5, 5.41) is 4.65. The number of rotatable bonds is 2. The molecule has 2 aromatic carbocycles. The Morgan fingerprint density at radius 2 is 1.52 bits per heavy atom. The summed E-state index contributed by atoms with van der Waals surface area (Å²) in [5.41, 5.74) is 1.26. The molecule has 120 valence electrons. The smallest absolute Gasteiger partial charge is 0.238 e. The van der Waals surface area contributed by atoms with Crippen molar-refractivity contribution in [1.82, 2.24) is 0 Å². The topological polar surface area (TPSA) is 101 Å². The minimum Gasteiger partial charge on any atom is -0.497 e. The molecule has 0 atom stereocenters. The minimum absolute atomic E-state index is 0.905. The highest BCUT2D eigenvalue weighted by Gasteiger charge is 2.11. The summed E-state index contributed by atoms with van der Waals surface area (Å²) in [6, 6.07) is 18.9. The Balaban J connectivity index is 0.000000338. The fourth-order valence-electron chi connectivity index (χ4n) is 1.97. The second-order valence-electron chi connectivity index (χ2n) is 4.48. The number of fused-ring (bicyclic) bond motifs is 1. The lowest BCUT2D eigenvalue weighted by molar-refractivity contribution is -2.00. The molecule has 0 fully saturated rings. The number of methoxy groups -OCH3 is 1. The van der Waals surface area contributed by atoms with Crippen LogP contribution in [0.5, 0.6) is 5.75 Å². The first kappa shape index (κ1) is 17.6. The van der Waals surface area contributed by atoms with E-state index in [1.165, 1.54) is 21.2 Å². The first-order valence-corrected chi connectivity index (χ1v) is 8.55. The molecule has 23 heavy (non-hydrogen) atoms. The molecule has 0 spiro atoms. The Morgan fingerprint density at radius 1 is 0.870 bits per heavy atom. The quantitative estimate of drug-likeness (QED) is 0.609. The van der Waals surface area contributed by atoms with Gasteiger partial charge in [-0.3, -0.25) is 0 Å². The maximum Gasteiger partial charge on any atom is 0.238 e. The molecule has 5 nitrogen and oxygen atoms in total. The Kier molecular flexibility index (Phi) is 5.84. The Labute approximate surface area is 139 Å². The van der Waals surface area contributed by atoms with Crippen molar-refractivity contribution >= 4 is 22.1 Å². The van der Waals surface area contributed by atoms with Gasteiger partial charge in [0, 0.05) is 17.0 Å². The van der Waals surface area contributed by atoms with E-state index in [1.54, 1.807) is 18.4 Å². The SMILES string of the molecule is COc1ccc2cc(-c3ccccc3)[s+]cc2c1.[O-][Cl+3]([O-])([O-])[O-]. The van der Waals surface area contributed by atoms with Gasteiger partial charge in [-0.15, -0.1) is 10.2 Å². The first-order valence-electron chi connectivity index (χ1n) is 6.43. The largest absolute Gasteiger partial charge is 0.497 e. The van der Waals surface area contributed by atoms with Gasteiger partial charge >= 0.3 is 0 Å². The van der Waals surface area contributed by atoms with Crippen molar-refractivity contribution in [1.29, 1.82) is 0 Å². The summed E-state index contributed by atoms with van der Waals surface area (Å²) in [6.45, 7) is 0. The molecule has 0 radical (unpaired) electrons. The van der Waals surface area contributed by atoms with Crippen molar-refractivity contribution in [2.75, 3.05) is 7.11 Å². The maximum atomic E-state index is 8.49. The fraction of sp³-hybridized carbons (Fsp3) is 0.0625. The molecule has 0 unspecified atom stereocenters. The van der Waals surface area contributed by atoms with Gasteiger partial charge in [-0.25, -0.2) is 18.6 Å². The third-order valence-corrected chi connectivity index (χ3v) is 3.93. The monoisotopic (exact) mass is 352 g/mol. The second-order valence-corrected chi connectivity index (χ2v) is 6.15. The van der Waals surface area contributed by atoms with Crippen molar-refractivity contribution in [2.45, 2.75) is 0 Å². The summed E-state index contributed by atoms with van der Waals surface area (Å²) in [4.78, 5) is 1.29. The van der Waals surface area contributed by atoms with Gasteiger partial charge in [0.2, 0.25) is 21.6 Å². The van der Waals surface area contributed by atoms with Crippen molar-refractivity contribution in [3.63, 3.8) is 0 Å². The Morgan fingerprint density at radius 3 is 2.13 bits per heavy atom. The molecule has 0 N–H and O–H groups in total. The van der Waals surface area contributed by atoms with Gasteiger partial charge in [0.15, 0.2) is 0 Å². The summed E-state index contributed by atoms with van der Waals surface area (Å²) in [5.74, 6) is 0.905. The van der Waals surface area contributed by atoms with Crippen molar-refractivity contribution < 1.29 is 33.6 Å². The first-order chi connectivity index (χ1) is 10.9. The zero-order valence-corrected chi connectivity index (χ0v) is 13.7. The third kappa shape index (κ3) is 5.72. The molecular weight excluding hydrogens is 340 g/mol. The van der Waals surface area contributed by atoms with Crippen LogP contribution < -0.4 is 23.4 Å². The van der Waals surface area contributed by atoms with Gasteiger partial charge in [-0.2, -0.15) is 0 Å². The second kappa shape index (κ2) is 7.65. The lowest BCUT2D eigenvalue weighted by Crippen LogP contribution is -2.68. The summed E-state index contributed by atoms with van der Waals surface area (Å²) in [6.07, 6.45) is 0. The van der Waals surface area contributed by atoms with Crippen LogP contribution in [0.1, 0.15) is 0 Å². The van der Waals surface area contributed by atoms with E-state index >= 15 is 0 Å². The molecule has 3 rings (SSSR count). The van der Waals surface area contributed by atoms with Crippen LogP contribution in [0, 0.1) is 10.2 Å². The van der Waals surface area contributed by atoms with E-state index in [1.807, 2.05) is 12.1 Å². The van der Waals surface area contributed by atoms with Gasteiger partial charge in [0.25, 0.3) is 0 Å². The molecule has 0 aliphatic heterocycles. The normalized spacial score (nSPS) is 10.8. The van der Waals surface area contributed by atoms with Gasteiger partial charge in [-0.1, -0.05) is 24.3 Å². The van der Waals surface area contributed by atoms with Gasteiger partial charge in [-0.05, 0) is 29.7 Å². The van der Waals surface area contributed by atoms with Crippen molar-refractivity contribution in [3.05, 3.63) is 60.0 Å². The van der Waals surface area contributed by atoms with Crippen LogP contribution in [0.3, 0.4) is 0 Å². The molecular formula is C16H13ClO5S. The van der Waals surface area contributed by atoms with Crippen LogP contribution in [0.4, 0.5) is 0 Å². The van der Waals surface area contributed by atoms with Crippen LogP contribution in [-0.4, -0.2) is 7.11 Å². The molecule has 3 aromatic rings. The van der Waals surface area contributed by atoms with E-state index in [0.717, 1.165) is 5.75 Å². The Bertz CT molecular complexity index is 768. The number of ether oxygens (including phenoxy) is 1. The average Bonchev–Trinajstić information content (AvgIpc) is 2.53. The van der Waals surface area contributed by atoms with Gasteiger partial charge in [0.05, 0.1) is 7.11 Å². The van der Waals surface area contributed by atoms with Gasteiger partial charge in [0.1, 0.15) is 5.75 Å². The lowest BCUT2D eigenvalue weighted by Gasteiger charge is -2.17. The molecule has 1 heterocycles. The summed E-state index contributed by atoms with van der Waals surface area (Å²) in [7, 11) is -3.25. The number of hydrogen-bond acceptors (Lipinski definition) is 5. The number of benzene rings is 2. The van der Waals surface area contributed by atoms with E-state index in [2.05, 4.69) is 47.8 Å². The highest BCUT2D eigenvalue weighted by atomic mass is 35.7. The highest BCUT2D eigenvalue weighted by molar-refractivity contribution is 7.13. The molecule has 0 amide bonds. The zero-order valence-electron chi connectivity index (χ0n) is 12.1. The van der Waals surface area contributed by atoms with Gasteiger partial charge < -0.3 is 4.74 Å². The number of halogens is 1. The van der Waals surface area contributed by atoms with E-state index < -0.39 is 10.2 Å². The zero-order chi connectivity index (χ0) is 16.9. The fourth-order valence-corrected chi connectivity index (χ4v) is 2.89. The molecule has 0 bridgehead atoms. The van der Waals surface area contributed by atoms with Crippen LogP contribution in [0.2, 0.25) is 0 Å². The van der Waals surface area contributed by atoms with Crippen LogP contribution in [-0.2, 0) is 0 Å². The average molecular weight is 353 g/mol. The number of hydrogen-bond donors (Lipinski definition) is 0. The molecule has 7 heteroatoms. The predicted octanol–water partition coefficient (Wildman–Crippen LogP) is 0.102. The Hall–Kier alpha value is -1.80. The van der Waals surface area contributed by atoms with Crippen LogP contribution >= 0.6 is 11.3 Å². The molecule has 1 aromatic heterocycles. The van der Waals surface area contributed by atoms with Crippen LogP contribution in [0.25, 0.3) is 21.2 Å². The van der Waals surface area contributed by atoms with Crippen LogP contribution in [0.15, 0.2) is 60.0 Å². The lowest BCUT2D eigenvalue weighted by atomic mass is 10.1. The van der Waals surface area contributed by atoms with Crippen molar-refractivity contribution in [2.24, 2.45) is 0 Å². The highest BCUT2D eigenvalue weighted by Crippen LogP contribution is 2.30. The predicted molar refractivity (Wildman–Crippen MR) is 78.2 cm³/mol.